The van der Waals surface area contributed by atoms with Gasteiger partial charge in [-0.3, -0.25) is 19.5 Å². The fraction of sp³-hybridized carbons (Fsp3) is 0.0476. The second-order valence-electron chi connectivity index (χ2n) is 6.95. The van der Waals surface area contributed by atoms with Crippen LogP contribution in [0.3, 0.4) is 0 Å². The number of hydrogen-bond donors (Lipinski definition) is 1. The largest absolute Gasteiger partial charge is 0.457 e. The zero-order chi connectivity index (χ0) is 23.9. The quantitative estimate of drug-likeness (QED) is 0.240. The highest BCUT2D eigenvalue weighted by molar-refractivity contribution is 7.85. The second-order valence-corrected chi connectivity index (χ2v) is 8.78. The number of halogens is 1. The van der Waals surface area contributed by atoms with Gasteiger partial charge in [-0.2, -0.15) is 18.5 Å². The predicted octanol–water partition coefficient (Wildman–Crippen LogP) is 4.56. The number of hydrazone groups is 1. The number of anilines is 1. The molecule has 10 nitrogen and oxygen atoms in total. The van der Waals surface area contributed by atoms with E-state index in [-0.39, 0.29) is 26.9 Å². The summed E-state index contributed by atoms with van der Waals surface area (Å²) in [4.78, 5) is 23.1. The first-order valence-corrected chi connectivity index (χ1v) is 11.1. The topological polar surface area (TPSA) is 143 Å². The molecule has 1 aliphatic heterocycles. The Hall–Kier alpha value is -3.80. The molecule has 12 heteroatoms. The molecule has 0 spiro atoms. The van der Waals surface area contributed by atoms with Crippen LogP contribution in [0.25, 0.3) is 17.4 Å². The Morgan fingerprint density at radius 1 is 1.15 bits per heavy atom. The van der Waals surface area contributed by atoms with E-state index >= 15 is 0 Å². The van der Waals surface area contributed by atoms with Gasteiger partial charge >= 0.3 is 0 Å². The van der Waals surface area contributed by atoms with Crippen LogP contribution in [0.4, 0.5) is 11.4 Å². The Morgan fingerprint density at radius 2 is 1.85 bits per heavy atom. The van der Waals surface area contributed by atoms with Crippen molar-refractivity contribution in [1.82, 2.24) is 0 Å². The number of amides is 1. The van der Waals surface area contributed by atoms with Gasteiger partial charge < -0.3 is 4.42 Å². The number of nitro benzene ring substituents is 1. The molecule has 2 heterocycles. The summed E-state index contributed by atoms with van der Waals surface area (Å²) in [5.74, 6) is 0.112. The van der Waals surface area contributed by atoms with E-state index in [2.05, 4.69) is 5.10 Å². The molecule has 0 atom stereocenters. The third-order valence-corrected chi connectivity index (χ3v) is 5.98. The first-order valence-electron chi connectivity index (χ1n) is 9.28. The molecule has 0 bridgehead atoms. The molecule has 1 aliphatic rings. The second kappa shape index (κ2) is 8.28. The molecule has 1 aromatic heterocycles. The standard InChI is InChI=1S/C21H14ClN3O7S/c1-12-17(21(26)24(23-12)13-2-6-16(7-3-13)33(29,30)31)11-15-5-9-20(32-15)18-10-14(25(27)28)4-8-19(18)22/h2-11H,1H3,(H,29,30,31)/b17-11+. The summed E-state index contributed by atoms with van der Waals surface area (Å²) < 4.78 is 37.2. The zero-order valence-electron chi connectivity index (χ0n) is 16.8. The summed E-state index contributed by atoms with van der Waals surface area (Å²) in [5.41, 5.74) is 1.12. The number of nitrogens with zero attached hydrogens (tertiary/aromatic N) is 3. The number of nitro groups is 1. The molecule has 168 valence electrons. The number of non-ortho nitro benzene ring substituents is 1. The summed E-state index contributed by atoms with van der Waals surface area (Å²) in [5, 5.41) is 16.6. The summed E-state index contributed by atoms with van der Waals surface area (Å²) in [6.07, 6.45) is 1.47. The van der Waals surface area contributed by atoms with Gasteiger partial charge in [0.2, 0.25) is 0 Å². The monoisotopic (exact) mass is 487 g/mol. The minimum Gasteiger partial charge on any atom is -0.457 e. The van der Waals surface area contributed by atoms with Crippen molar-refractivity contribution in [3.8, 4) is 11.3 Å². The predicted molar refractivity (Wildman–Crippen MR) is 121 cm³/mol. The van der Waals surface area contributed by atoms with Crippen molar-refractivity contribution in [2.24, 2.45) is 5.10 Å². The van der Waals surface area contributed by atoms with Crippen molar-refractivity contribution in [3.05, 3.63) is 81.1 Å². The van der Waals surface area contributed by atoms with Crippen molar-refractivity contribution < 1.29 is 27.1 Å². The highest BCUT2D eigenvalue weighted by atomic mass is 35.5. The van der Waals surface area contributed by atoms with Crippen LogP contribution in [0.2, 0.25) is 5.02 Å². The Labute approximate surface area is 192 Å². The van der Waals surface area contributed by atoms with Crippen LogP contribution < -0.4 is 5.01 Å². The summed E-state index contributed by atoms with van der Waals surface area (Å²) >= 11 is 6.16. The lowest BCUT2D eigenvalue weighted by Gasteiger charge is -2.11. The molecular formula is C21H14ClN3O7S. The van der Waals surface area contributed by atoms with Crippen LogP contribution in [-0.4, -0.2) is 29.5 Å². The maximum atomic E-state index is 12.9. The minimum absolute atomic E-state index is 0.143. The van der Waals surface area contributed by atoms with E-state index in [9.17, 15) is 23.3 Å². The maximum absolute atomic E-state index is 12.9. The van der Waals surface area contributed by atoms with E-state index in [1.54, 1.807) is 19.1 Å². The molecule has 1 amide bonds. The Bertz CT molecular complexity index is 1460. The highest BCUT2D eigenvalue weighted by Gasteiger charge is 2.29. The Kier molecular flexibility index (Phi) is 5.62. The number of carbonyl (C=O) groups excluding carboxylic acids is 1. The van der Waals surface area contributed by atoms with E-state index in [0.717, 1.165) is 17.1 Å². The average Bonchev–Trinajstić information content (AvgIpc) is 3.33. The Morgan fingerprint density at radius 3 is 2.48 bits per heavy atom. The van der Waals surface area contributed by atoms with E-state index in [1.807, 2.05) is 0 Å². The van der Waals surface area contributed by atoms with Gasteiger partial charge in [0.1, 0.15) is 11.5 Å². The lowest BCUT2D eigenvalue weighted by molar-refractivity contribution is -0.384. The number of benzene rings is 2. The van der Waals surface area contributed by atoms with Crippen LogP contribution in [0.15, 0.2) is 74.6 Å². The van der Waals surface area contributed by atoms with Crippen molar-refractivity contribution in [1.29, 1.82) is 0 Å². The first kappa shape index (κ1) is 22.4. The summed E-state index contributed by atoms with van der Waals surface area (Å²) in [6, 6.07) is 12.1. The van der Waals surface area contributed by atoms with E-state index in [4.69, 9.17) is 20.6 Å². The molecule has 3 aromatic rings. The van der Waals surface area contributed by atoms with E-state index in [0.29, 0.717) is 22.7 Å². The van der Waals surface area contributed by atoms with Crippen molar-refractivity contribution in [2.75, 3.05) is 5.01 Å². The van der Waals surface area contributed by atoms with E-state index in [1.165, 1.54) is 36.4 Å². The molecule has 0 aliphatic carbocycles. The van der Waals surface area contributed by atoms with Gasteiger partial charge in [-0.05, 0) is 55.5 Å². The van der Waals surface area contributed by atoms with Gasteiger partial charge in [0.05, 0.1) is 31.8 Å². The van der Waals surface area contributed by atoms with Crippen molar-refractivity contribution in [2.45, 2.75) is 11.8 Å². The molecule has 0 fully saturated rings. The lowest BCUT2D eigenvalue weighted by Crippen LogP contribution is -2.21. The average molecular weight is 488 g/mol. The highest BCUT2D eigenvalue weighted by Crippen LogP contribution is 2.33. The van der Waals surface area contributed by atoms with E-state index < -0.39 is 20.9 Å². The van der Waals surface area contributed by atoms with Gasteiger partial charge in [-0.15, -0.1) is 0 Å². The van der Waals surface area contributed by atoms with Gasteiger partial charge in [0.15, 0.2) is 0 Å². The summed E-state index contributed by atoms with van der Waals surface area (Å²) in [6.45, 7) is 1.62. The number of furan rings is 1. The molecular weight excluding hydrogens is 474 g/mol. The van der Waals surface area contributed by atoms with Crippen LogP contribution in [0.1, 0.15) is 12.7 Å². The molecule has 0 unspecified atom stereocenters. The minimum atomic E-state index is -4.36. The third kappa shape index (κ3) is 4.42. The Balaban J connectivity index is 1.62. The third-order valence-electron chi connectivity index (χ3n) is 4.78. The number of hydrogen-bond acceptors (Lipinski definition) is 7. The first-order chi connectivity index (χ1) is 15.5. The van der Waals surface area contributed by atoms with Crippen LogP contribution in [-0.2, 0) is 14.9 Å². The zero-order valence-corrected chi connectivity index (χ0v) is 18.4. The fourth-order valence-electron chi connectivity index (χ4n) is 3.15. The van der Waals surface area contributed by atoms with Gasteiger partial charge in [-0.1, -0.05) is 11.6 Å². The normalized spacial score (nSPS) is 15.2. The molecule has 33 heavy (non-hydrogen) atoms. The number of carbonyl (C=O) groups is 1. The SMILES string of the molecule is CC1=NN(c2ccc(S(=O)(=O)O)cc2)C(=O)/C1=C/c1ccc(-c2cc([N+](=O)[O-])ccc2Cl)o1. The number of rotatable bonds is 5. The fourth-order valence-corrected chi connectivity index (χ4v) is 3.84. The molecule has 0 saturated carbocycles. The molecule has 1 N–H and O–H groups in total. The van der Waals surface area contributed by atoms with Crippen molar-refractivity contribution >= 4 is 50.8 Å². The van der Waals surface area contributed by atoms with Crippen molar-refractivity contribution in [3.63, 3.8) is 0 Å². The smallest absolute Gasteiger partial charge is 0.294 e. The summed E-state index contributed by atoms with van der Waals surface area (Å²) in [7, 11) is -4.36. The van der Waals surface area contributed by atoms with Crippen LogP contribution >= 0.6 is 11.6 Å². The molecule has 0 saturated heterocycles. The molecule has 0 radical (unpaired) electrons. The maximum Gasteiger partial charge on any atom is 0.294 e. The van der Waals surface area contributed by atoms with Gasteiger partial charge in [0.25, 0.3) is 21.7 Å². The van der Waals surface area contributed by atoms with Gasteiger partial charge in [-0.25, -0.2) is 0 Å². The molecule has 2 aromatic carbocycles. The van der Waals surface area contributed by atoms with Gasteiger partial charge in [0, 0.05) is 17.7 Å². The van der Waals surface area contributed by atoms with Crippen LogP contribution in [0, 0.1) is 10.1 Å². The molecule has 4 rings (SSSR count). The van der Waals surface area contributed by atoms with Crippen LogP contribution in [0.5, 0.6) is 0 Å². The lowest BCUT2D eigenvalue weighted by atomic mass is 10.1.